The van der Waals surface area contributed by atoms with Crippen LogP contribution in [0.2, 0.25) is 0 Å². The Bertz CT molecular complexity index is 757. The van der Waals surface area contributed by atoms with Crippen molar-refractivity contribution in [3.8, 4) is 5.75 Å². The van der Waals surface area contributed by atoms with Gasteiger partial charge >= 0.3 is 6.36 Å². The number of thioether (sulfide) groups is 1. The quantitative estimate of drug-likeness (QED) is 0.683. The number of ether oxygens (including phenoxy) is 1. The molecule has 1 aromatic carbocycles. The van der Waals surface area contributed by atoms with Crippen LogP contribution in [0.3, 0.4) is 0 Å². The number of hydrogen-bond acceptors (Lipinski definition) is 4. The lowest BCUT2D eigenvalue weighted by Crippen LogP contribution is -2.17. The van der Waals surface area contributed by atoms with Gasteiger partial charge < -0.3 is 9.72 Å². The van der Waals surface area contributed by atoms with Gasteiger partial charge in [-0.15, -0.1) is 13.2 Å². The molecular formula is C15H13F3N2O2S. The molecule has 0 amide bonds. The zero-order valence-corrected chi connectivity index (χ0v) is 12.8. The van der Waals surface area contributed by atoms with Gasteiger partial charge in [-0.2, -0.15) is 0 Å². The molecule has 23 heavy (non-hydrogen) atoms. The standard InChI is InChI=1S/C15H13F3N2O2S/c16-15(17,18)22-10-6-4-9(5-7-10)8-23-14-19-12-3-1-2-11(12)13(21)20-14/h4-7H,1-3,8H2,(H,19,20,21). The van der Waals surface area contributed by atoms with Crippen molar-refractivity contribution in [1.82, 2.24) is 9.97 Å². The molecule has 4 nitrogen and oxygen atoms in total. The highest BCUT2D eigenvalue weighted by Crippen LogP contribution is 2.25. The highest BCUT2D eigenvalue weighted by atomic mass is 32.2. The van der Waals surface area contributed by atoms with Gasteiger partial charge in [0.15, 0.2) is 5.16 Å². The predicted octanol–water partition coefficient (Wildman–Crippen LogP) is 3.45. The summed E-state index contributed by atoms with van der Waals surface area (Å²) in [6.07, 6.45) is -2.16. The van der Waals surface area contributed by atoms with Gasteiger partial charge in [0.2, 0.25) is 0 Å². The van der Waals surface area contributed by atoms with E-state index in [0.717, 1.165) is 36.1 Å². The molecule has 0 fully saturated rings. The number of halogens is 3. The van der Waals surface area contributed by atoms with E-state index in [4.69, 9.17) is 0 Å². The normalized spacial score (nSPS) is 13.9. The van der Waals surface area contributed by atoms with E-state index >= 15 is 0 Å². The number of alkyl halides is 3. The van der Waals surface area contributed by atoms with Crippen molar-refractivity contribution in [2.24, 2.45) is 0 Å². The van der Waals surface area contributed by atoms with Crippen LogP contribution in [-0.2, 0) is 18.6 Å². The summed E-state index contributed by atoms with van der Waals surface area (Å²) in [5, 5.41) is 0.534. The number of aromatic nitrogens is 2. The van der Waals surface area contributed by atoms with E-state index in [9.17, 15) is 18.0 Å². The summed E-state index contributed by atoms with van der Waals surface area (Å²) < 4.78 is 40.1. The summed E-state index contributed by atoms with van der Waals surface area (Å²) in [4.78, 5) is 19.1. The van der Waals surface area contributed by atoms with Gasteiger partial charge in [0.25, 0.3) is 5.56 Å². The molecule has 0 unspecified atom stereocenters. The van der Waals surface area contributed by atoms with Gasteiger partial charge in [-0.1, -0.05) is 23.9 Å². The van der Waals surface area contributed by atoms with Crippen LogP contribution in [0.25, 0.3) is 0 Å². The Morgan fingerprint density at radius 3 is 2.65 bits per heavy atom. The number of nitrogens with one attached hydrogen (secondary N) is 1. The third-order valence-electron chi connectivity index (χ3n) is 3.45. The minimum atomic E-state index is -4.69. The third-order valence-corrected chi connectivity index (χ3v) is 4.40. The summed E-state index contributed by atoms with van der Waals surface area (Å²) in [7, 11) is 0. The minimum absolute atomic E-state index is 0.0936. The van der Waals surface area contributed by atoms with Crippen molar-refractivity contribution in [2.45, 2.75) is 36.5 Å². The van der Waals surface area contributed by atoms with E-state index in [2.05, 4.69) is 14.7 Å². The van der Waals surface area contributed by atoms with Gasteiger partial charge in [0.05, 0.1) is 5.69 Å². The summed E-state index contributed by atoms with van der Waals surface area (Å²) in [6, 6.07) is 5.64. The fourth-order valence-electron chi connectivity index (χ4n) is 2.43. The molecule has 1 N–H and O–H groups in total. The number of aromatic amines is 1. The van der Waals surface area contributed by atoms with E-state index in [0.29, 0.717) is 10.9 Å². The van der Waals surface area contributed by atoms with Gasteiger partial charge in [0.1, 0.15) is 5.75 Å². The van der Waals surface area contributed by atoms with Crippen LogP contribution < -0.4 is 10.3 Å². The molecule has 0 atom stereocenters. The molecule has 122 valence electrons. The van der Waals surface area contributed by atoms with Crippen LogP contribution in [-0.4, -0.2) is 16.3 Å². The van der Waals surface area contributed by atoms with Crippen molar-refractivity contribution in [3.05, 3.63) is 51.4 Å². The van der Waals surface area contributed by atoms with Crippen LogP contribution in [0, 0.1) is 0 Å². The summed E-state index contributed by atoms with van der Waals surface area (Å²) in [5.74, 6) is 0.240. The topological polar surface area (TPSA) is 55.0 Å². The average Bonchev–Trinajstić information content (AvgIpc) is 2.94. The lowest BCUT2D eigenvalue weighted by atomic mass is 10.2. The highest BCUT2D eigenvalue weighted by molar-refractivity contribution is 7.98. The molecule has 0 saturated heterocycles. The highest BCUT2D eigenvalue weighted by Gasteiger charge is 2.30. The van der Waals surface area contributed by atoms with E-state index in [-0.39, 0.29) is 11.3 Å². The second kappa shape index (κ2) is 6.27. The molecule has 0 radical (unpaired) electrons. The number of benzene rings is 1. The van der Waals surface area contributed by atoms with Crippen molar-refractivity contribution < 1.29 is 17.9 Å². The van der Waals surface area contributed by atoms with Gasteiger partial charge in [0, 0.05) is 11.3 Å². The van der Waals surface area contributed by atoms with Crippen LogP contribution in [0.15, 0.2) is 34.2 Å². The molecule has 8 heteroatoms. The SMILES string of the molecule is O=c1[nH]c(SCc2ccc(OC(F)(F)F)cc2)nc2c1CCC2. The summed E-state index contributed by atoms with van der Waals surface area (Å²) in [5.41, 5.74) is 2.34. The Balaban J connectivity index is 1.65. The minimum Gasteiger partial charge on any atom is -0.406 e. The number of hydrogen-bond donors (Lipinski definition) is 1. The molecule has 2 aromatic rings. The average molecular weight is 342 g/mol. The first kappa shape index (κ1) is 15.9. The maximum atomic E-state index is 12.1. The molecule has 1 aliphatic carbocycles. The first-order chi connectivity index (χ1) is 10.9. The fraction of sp³-hybridized carbons (Fsp3) is 0.333. The second-order valence-electron chi connectivity index (χ2n) is 5.13. The van der Waals surface area contributed by atoms with Crippen LogP contribution in [0.5, 0.6) is 5.75 Å². The lowest BCUT2D eigenvalue weighted by molar-refractivity contribution is -0.274. The maximum Gasteiger partial charge on any atom is 0.573 e. The molecule has 3 rings (SSSR count). The lowest BCUT2D eigenvalue weighted by Gasteiger charge is -2.09. The second-order valence-corrected chi connectivity index (χ2v) is 6.09. The summed E-state index contributed by atoms with van der Waals surface area (Å²) >= 11 is 1.34. The molecule has 0 bridgehead atoms. The monoisotopic (exact) mass is 342 g/mol. The first-order valence-corrected chi connectivity index (χ1v) is 7.99. The zero-order chi connectivity index (χ0) is 16.4. The predicted molar refractivity (Wildman–Crippen MR) is 79.6 cm³/mol. The van der Waals surface area contributed by atoms with Crippen LogP contribution in [0.1, 0.15) is 23.2 Å². The van der Waals surface area contributed by atoms with Crippen LogP contribution in [0.4, 0.5) is 13.2 Å². The number of fused-ring (bicyclic) bond motifs is 1. The molecular weight excluding hydrogens is 329 g/mol. The van der Waals surface area contributed by atoms with Gasteiger partial charge in [-0.05, 0) is 37.0 Å². The smallest absolute Gasteiger partial charge is 0.406 e. The molecule has 1 aliphatic rings. The fourth-order valence-corrected chi connectivity index (χ4v) is 3.26. The van der Waals surface area contributed by atoms with Crippen LogP contribution >= 0.6 is 11.8 Å². The third kappa shape index (κ3) is 4.07. The molecule has 0 saturated carbocycles. The van der Waals surface area contributed by atoms with Gasteiger partial charge in [-0.25, -0.2) is 4.98 Å². The van der Waals surface area contributed by atoms with Gasteiger partial charge in [-0.3, -0.25) is 4.79 Å². The Morgan fingerprint density at radius 2 is 1.96 bits per heavy atom. The number of aryl methyl sites for hydroxylation is 1. The van der Waals surface area contributed by atoms with E-state index in [1.165, 1.54) is 23.9 Å². The van der Waals surface area contributed by atoms with Crippen molar-refractivity contribution in [1.29, 1.82) is 0 Å². The maximum absolute atomic E-state index is 12.1. The molecule has 0 aliphatic heterocycles. The Labute approximate surface area is 134 Å². The molecule has 1 aromatic heterocycles. The first-order valence-electron chi connectivity index (χ1n) is 7.00. The summed E-state index contributed by atoms with van der Waals surface area (Å²) in [6.45, 7) is 0. The van der Waals surface area contributed by atoms with E-state index in [1.807, 2.05) is 0 Å². The number of H-pyrrole nitrogens is 1. The van der Waals surface area contributed by atoms with E-state index in [1.54, 1.807) is 12.1 Å². The van der Waals surface area contributed by atoms with Crippen molar-refractivity contribution >= 4 is 11.8 Å². The Hall–Kier alpha value is -1.96. The van der Waals surface area contributed by atoms with E-state index < -0.39 is 6.36 Å². The number of nitrogens with zero attached hydrogens (tertiary/aromatic N) is 1. The number of rotatable bonds is 4. The molecule has 0 spiro atoms. The molecule has 1 heterocycles. The zero-order valence-electron chi connectivity index (χ0n) is 11.9. The Morgan fingerprint density at radius 1 is 1.22 bits per heavy atom. The van der Waals surface area contributed by atoms with Crippen molar-refractivity contribution in [3.63, 3.8) is 0 Å². The largest absolute Gasteiger partial charge is 0.573 e. The van der Waals surface area contributed by atoms with Crippen molar-refractivity contribution in [2.75, 3.05) is 0 Å². The Kier molecular flexibility index (Phi) is 4.34.